The molecule has 0 unspecified atom stereocenters. The molecule has 1 aromatic rings. The van der Waals surface area contributed by atoms with E-state index in [1.165, 1.54) is 24.3 Å². The standard InChI is InChI=1S/C13H12F3NO/c14-13(15,16)10-4-1-9(2-5-10)3-8-12(18)17-11-6-7-11/h1-5,8,11H,6-7H2,(H,17,18). The van der Waals surface area contributed by atoms with Gasteiger partial charge in [0.15, 0.2) is 0 Å². The molecule has 0 bridgehead atoms. The molecule has 0 radical (unpaired) electrons. The van der Waals surface area contributed by atoms with Crippen molar-refractivity contribution in [2.75, 3.05) is 0 Å². The molecule has 1 aliphatic rings. The van der Waals surface area contributed by atoms with Crippen molar-refractivity contribution in [1.82, 2.24) is 5.32 Å². The Hall–Kier alpha value is -1.78. The maximum Gasteiger partial charge on any atom is 0.416 e. The van der Waals surface area contributed by atoms with E-state index < -0.39 is 11.7 Å². The van der Waals surface area contributed by atoms with Crippen LogP contribution < -0.4 is 5.32 Å². The number of carbonyl (C=O) groups excluding carboxylic acids is 1. The highest BCUT2D eigenvalue weighted by Crippen LogP contribution is 2.29. The summed E-state index contributed by atoms with van der Waals surface area (Å²) in [5, 5.41) is 2.75. The lowest BCUT2D eigenvalue weighted by Crippen LogP contribution is -2.22. The Morgan fingerprint density at radius 1 is 1.22 bits per heavy atom. The SMILES string of the molecule is O=C(C=Cc1ccc(C(F)(F)F)cc1)NC1CC1. The number of nitrogens with one attached hydrogen (secondary N) is 1. The molecule has 1 aliphatic carbocycles. The van der Waals surface area contributed by atoms with Crippen LogP contribution in [0, 0.1) is 0 Å². The van der Waals surface area contributed by atoms with Gasteiger partial charge in [0.2, 0.25) is 5.91 Å². The van der Waals surface area contributed by atoms with Crippen LogP contribution in [-0.4, -0.2) is 11.9 Å². The smallest absolute Gasteiger partial charge is 0.350 e. The molecule has 1 N–H and O–H groups in total. The molecule has 0 aliphatic heterocycles. The first-order chi connectivity index (χ1) is 8.45. The average molecular weight is 255 g/mol. The molecule has 0 heterocycles. The van der Waals surface area contributed by atoms with Crippen LogP contribution in [0.1, 0.15) is 24.0 Å². The molecule has 0 saturated heterocycles. The van der Waals surface area contributed by atoms with Crippen LogP contribution in [-0.2, 0) is 11.0 Å². The van der Waals surface area contributed by atoms with Crippen LogP contribution in [0.2, 0.25) is 0 Å². The first kappa shape index (κ1) is 12.7. The fourth-order valence-corrected chi connectivity index (χ4v) is 1.43. The van der Waals surface area contributed by atoms with Crippen molar-refractivity contribution in [3.05, 3.63) is 41.5 Å². The molecule has 1 fully saturated rings. The molecule has 0 atom stereocenters. The number of benzene rings is 1. The van der Waals surface area contributed by atoms with E-state index in [9.17, 15) is 18.0 Å². The zero-order valence-corrected chi connectivity index (χ0v) is 9.50. The number of hydrogen-bond acceptors (Lipinski definition) is 1. The number of halogens is 3. The fraction of sp³-hybridized carbons (Fsp3) is 0.308. The van der Waals surface area contributed by atoms with E-state index in [1.807, 2.05) is 0 Å². The molecule has 0 aromatic heterocycles. The largest absolute Gasteiger partial charge is 0.416 e. The predicted molar refractivity (Wildman–Crippen MR) is 61.6 cm³/mol. The summed E-state index contributed by atoms with van der Waals surface area (Å²) in [5.41, 5.74) is -0.129. The van der Waals surface area contributed by atoms with Gasteiger partial charge in [-0.1, -0.05) is 12.1 Å². The summed E-state index contributed by atoms with van der Waals surface area (Å²) < 4.78 is 36.9. The van der Waals surface area contributed by atoms with E-state index in [0.717, 1.165) is 25.0 Å². The minimum absolute atomic E-state index is 0.211. The van der Waals surface area contributed by atoms with Gasteiger partial charge in [-0.2, -0.15) is 13.2 Å². The Morgan fingerprint density at radius 3 is 2.33 bits per heavy atom. The second-order valence-corrected chi connectivity index (χ2v) is 4.24. The molecule has 5 heteroatoms. The zero-order valence-electron chi connectivity index (χ0n) is 9.50. The summed E-state index contributed by atoms with van der Waals surface area (Å²) in [4.78, 5) is 11.3. The average Bonchev–Trinajstić information content (AvgIpc) is 3.10. The first-order valence-electron chi connectivity index (χ1n) is 5.61. The summed E-state index contributed by atoms with van der Waals surface area (Å²) in [5.74, 6) is -0.211. The normalized spacial score (nSPS) is 15.9. The maximum atomic E-state index is 12.3. The number of hydrogen-bond donors (Lipinski definition) is 1. The monoisotopic (exact) mass is 255 g/mol. The van der Waals surface area contributed by atoms with Gasteiger partial charge >= 0.3 is 6.18 Å². The minimum atomic E-state index is -4.33. The van der Waals surface area contributed by atoms with Crippen molar-refractivity contribution in [2.24, 2.45) is 0 Å². The van der Waals surface area contributed by atoms with E-state index in [1.54, 1.807) is 0 Å². The second-order valence-electron chi connectivity index (χ2n) is 4.24. The van der Waals surface area contributed by atoms with Crippen molar-refractivity contribution < 1.29 is 18.0 Å². The van der Waals surface area contributed by atoms with Crippen LogP contribution in [0.15, 0.2) is 30.3 Å². The lowest BCUT2D eigenvalue weighted by Gasteiger charge is -2.05. The number of carbonyl (C=O) groups is 1. The van der Waals surface area contributed by atoms with Crippen molar-refractivity contribution in [1.29, 1.82) is 0 Å². The van der Waals surface area contributed by atoms with Crippen molar-refractivity contribution >= 4 is 12.0 Å². The van der Waals surface area contributed by atoms with Gasteiger partial charge in [0, 0.05) is 12.1 Å². The fourth-order valence-electron chi connectivity index (χ4n) is 1.43. The topological polar surface area (TPSA) is 29.1 Å². The Balaban J connectivity index is 1.96. The van der Waals surface area contributed by atoms with Gasteiger partial charge in [0.25, 0.3) is 0 Å². The molecule has 0 spiro atoms. The first-order valence-corrected chi connectivity index (χ1v) is 5.61. The number of rotatable bonds is 3. The molecular weight excluding hydrogens is 243 g/mol. The van der Waals surface area contributed by atoms with E-state index in [4.69, 9.17) is 0 Å². The van der Waals surface area contributed by atoms with E-state index in [0.29, 0.717) is 5.56 Å². The Bertz CT molecular complexity index is 458. The van der Waals surface area contributed by atoms with Crippen molar-refractivity contribution in [3.8, 4) is 0 Å². The third kappa shape index (κ3) is 3.61. The Labute approximate surface area is 102 Å². The van der Waals surface area contributed by atoms with Gasteiger partial charge in [0.1, 0.15) is 0 Å². The van der Waals surface area contributed by atoms with Crippen LogP contribution in [0.25, 0.3) is 6.08 Å². The van der Waals surface area contributed by atoms with Crippen LogP contribution in [0.5, 0.6) is 0 Å². The third-order valence-electron chi connectivity index (χ3n) is 2.59. The summed E-state index contributed by atoms with van der Waals surface area (Å²) in [6, 6.07) is 4.94. The maximum absolute atomic E-state index is 12.3. The molecule has 1 aromatic carbocycles. The van der Waals surface area contributed by atoms with E-state index in [2.05, 4.69) is 5.32 Å². The van der Waals surface area contributed by atoms with Crippen molar-refractivity contribution in [2.45, 2.75) is 25.1 Å². The number of amides is 1. The highest BCUT2D eigenvalue weighted by molar-refractivity contribution is 5.92. The van der Waals surface area contributed by atoms with Gasteiger partial charge in [-0.3, -0.25) is 4.79 Å². The van der Waals surface area contributed by atoms with Gasteiger partial charge < -0.3 is 5.32 Å². The lowest BCUT2D eigenvalue weighted by atomic mass is 10.1. The Morgan fingerprint density at radius 2 is 1.83 bits per heavy atom. The van der Waals surface area contributed by atoms with Crippen molar-refractivity contribution in [3.63, 3.8) is 0 Å². The van der Waals surface area contributed by atoms with Crippen LogP contribution in [0.3, 0.4) is 0 Å². The Kier molecular flexibility index (Phi) is 3.41. The second kappa shape index (κ2) is 4.84. The lowest BCUT2D eigenvalue weighted by molar-refractivity contribution is -0.137. The van der Waals surface area contributed by atoms with Gasteiger partial charge in [0.05, 0.1) is 5.56 Å². The summed E-state index contributed by atoms with van der Waals surface area (Å²) in [6.45, 7) is 0. The summed E-state index contributed by atoms with van der Waals surface area (Å²) in [7, 11) is 0. The quantitative estimate of drug-likeness (QED) is 0.826. The van der Waals surface area contributed by atoms with Crippen LogP contribution >= 0.6 is 0 Å². The summed E-state index contributed by atoms with van der Waals surface area (Å²) >= 11 is 0. The predicted octanol–water partition coefficient (Wildman–Crippen LogP) is 3.00. The minimum Gasteiger partial charge on any atom is -0.350 e. The number of alkyl halides is 3. The van der Waals surface area contributed by atoms with Gasteiger partial charge in [-0.05, 0) is 36.6 Å². The van der Waals surface area contributed by atoms with E-state index in [-0.39, 0.29) is 11.9 Å². The van der Waals surface area contributed by atoms with Gasteiger partial charge in [-0.25, -0.2) is 0 Å². The zero-order chi connectivity index (χ0) is 13.2. The molecule has 1 saturated carbocycles. The molecule has 2 rings (SSSR count). The van der Waals surface area contributed by atoms with Gasteiger partial charge in [-0.15, -0.1) is 0 Å². The highest BCUT2D eigenvalue weighted by Gasteiger charge is 2.29. The summed E-state index contributed by atoms with van der Waals surface area (Å²) in [6.07, 6.45) is 0.504. The third-order valence-corrected chi connectivity index (χ3v) is 2.59. The molecular formula is C13H12F3NO. The van der Waals surface area contributed by atoms with Crippen LogP contribution in [0.4, 0.5) is 13.2 Å². The van der Waals surface area contributed by atoms with E-state index >= 15 is 0 Å². The molecule has 96 valence electrons. The molecule has 2 nitrogen and oxygen atoms in total. The molecule has 1 amide bonds. The highest BCUT2D eigenvalue weighted by atomic mass is 19.4. The molecule has 18 heavy (non-hydrogen) atoms.